The summed E-state index contributed by atoms with van der Waals surface area (Å²) < 4.78 is 10.4. The predicted octanol–water partition coefficient (Wildman–Crippen LogP) is 1.72. The van der Waals surface area contributed by atoms with Gasteiger partial charge in [0.25, 0.3) is 5.91 Å². The van der Waals surface area contributed by atoms with Crippen molar-refractivity contribution < 1.29 is 19.1 Å². The van der Waals surface area contributed by atoms with Gasteiger partial charge in [0, 0.05) is 12.1 Å². The first kappa shape index (κ1) is 17.6. The van der Waals surface area contributed by atoms with Crippen LogP contribution in [0.1, 0.15) is 28.5 Å². The number of benzene rings is 1. The molecule has 0 radical (unpaired) electrons. The summed E-state index contributed by atoms with van der Waals surface area (Å²) in [4.78, 5) is 26.3. The fourth-order valence-corrected chi connectivity index (χ4v) is 2.82. The highest BCUT2D eigenvalue weighted by Crippen LogP contribution is 2.29. The van der Waals surface area contributed by atoms with E-state index in [1.165, 1.54) is 14.2 Å². The van der Waals surface area contributed by atoms with E-state index >= 15 is 0 Å². The van der Waals surface area contributed by atoms with Crippen molar-refractivity contribution in [1.82, 2.24) is 20.4 Å². The van der Waals surface area contributed by atoms with Gasteiger partial charge in [-0.2, -0.15) is 5.10 Å². The molecule has 3 amide bonds. The highest BCUT2D eigenvalue weighted by atomic mass is 16.5. The van der Waals surface area contributed by atoms with Crippen LogP contribution in [0.4, 0.5) is 10.6 Å². The second-order valence-corrected chi connectivity index (χ2v) is 5.74. The average molecular weight is 359 g/mol. The average Bonchev–Trinajstić information content (AvgIpc) is 3.23. The summed E-state index contributed by atoms with van der Waals surface area (Å²) in [6.45, 7) is 3.22. The molecule has 1 aromatic carbocycles. The lowest BCUT2D eigenvalue weighted by atomic mass is 10.1. The van der Waals surface area contributed by atoms with E-state index in [0.717, 1.165) is 11.3 Å². The van der Waals surface area contributed by atoms with Crippen molar-refractivity contribution in [3.63, 3.8) is 0 Å². The molecule has 0 unspecified atom stereocenters. The quantitative estimate of drug-likeness (QED) is 0.753. The number of nitrogens with zero attached hydrogens (tertiary/aromatic N) is 2. The van der Waals surface area contributed by atoms with Crippen molar-refractivity contribution in [3.8, 4) is 11.5 Å². The van der Waals surface area contributed by atoms with Crippen molar-refractivity contribution >= 4 is 17.8 Å². The summed E-state index contributed by atoms with van der Waals surface area (Å²) >= 11 is 0. The van der Waals surface area contributed by atoms with Crippen LogP contribution in [-0.4, -0.2) is 47.8 Å². The number of methoxy groups -OCH3 is 2. The van der Waals surface area contributed by atoms with E-state index in [-0.39, 0.29) is 11.9 Å². The molecule has 1 aromatic heterocycles. The summed E-state index contributed by atoms with van der Waals surface area (Å²) in [7, 11) is 3.02. The Morgan fingerprint density at radius 2 is 2.08 bits per heavy atom. The summed E-state index contributed by atoms with van der Waals surface area (Å²) in [6.07, 6.45) is 0. The number of anilines is 1. The first-order valence-electron chi connectivity index (χ1n) is 8.19. The Labute approximate surface area is 150 Å². The first-order chi connectivity index (χ1) is 12.6. The zero-order valence-corrected chi connectivity index (χ0v) is 14.9. The van der Waals surface area contributed by atoms with Crippen LogP contribution in [0.15, 0.2) is 18.2 Å². The van der Waals surface area contributed by atoms with E-state index in [0.29, 0.717) is 42.5 Å². The third-order valence-electron chi connectivity index (χ3n) is 4.15. The van der Waals surface area contributed by atoms with Gasteiger partial charge in [-0.3, -0.25) is 9.89 Å². The molecule has 138 valence electrons. The maximum absolute atomic E-state index is 12.7. The highest BCUT2D eigenvalue weighted by molar-refractivity contribution is 6.06. The molecule has 2 aromatic rings. The molecule has 2 heterocycles. The van der Waals surface area contributed by atoms with Crippen LogP contribution < -0.4 is 20.1 Å². The van der Waals surface area contributed by atoms with Crippen LogP contribution in [0.2, 0.25) is 0 Å². The van der Waals surface area contributed by atoms with Gasteiger partial charge in [0.05, 0.1) is 38.6 Å². The van der Waals surface area contributed by atoms with Crippen molar-refractivity contribution in [1.29, 1.82) is 0 Å². The molecule has 0 aliphatic carbocycles. The minimum absolute atomic E-state index is 0.149. The number of aromatic amines is 1. The molecule has 9 nitrogen and oxygen atoms in total. The Hall–Kier alpha value is -3.23. The van der Waals surface area contributed by atoms with Crippen LogP contribution >= 0.6 is 0 Å². The summed E-state index contributed by atoms with van der Waals surface area (Å²) in [6, 6.07) is 4.83. The number of hydrogen-bond donors (Lipinski definition) is 3. The summed E-state index contributed by atoms with van der Waals surface area (Å²) in [5, 5.41) is 12.6. The Kier molecular flexibility index (Phi) is 4.97. The van der Waals surface area contributed by atoms with Gasteiger partial charge in [0.15, 0.2) is 5.82 Å². The van der Waals surface area contributed by atoms with Gasteiger partial charge in [0.2, 0.25) is 0 Å². The second kappa shape index (κ2) is 7.34. The van der Waals surface area contributed by atoms with E-state index in [1.54, 1.807) is 23.1 Å². The van der Waals surface area contributed by atoms with Gasteiger partial charge in [-0.05, 0) is 25.1 Å². The molecule has 0 spiro atoms. The third-order valence-corrected chi connectivity index (χ3v) is 4.15. The normalized spacial score (nSPS) is 12.5. The van der Waals surface area contributed by atoms with Gasteiger partial charge < -0.3 is 25.0 Å². The number of carbonyl (C=O) groups excluding carboxylic acids is 2. The van der Waals surface area contributed by atoms with Crippen molar-refractivity contribution in [2.45, 2.75) is 20.0 Å². The molecule has 0 fully saturated rings. The Balaban J connectivity index is 1.78. The minimum atomic E-state index is -0.369. The molecule has 0 saturated carbocycles. The lowest BCUT2D eigenvalue weighted by Gasteiger charge is -2.16. The zero-order valence-electron chi connectivity index (χ0n) is 14.9. The van der Waals surface area contributed by atoms with E-state index in [4.69, 9.17) is 9.47 Å². The molecule has 3 rings (SSSR count). The van der Waals surface area contributed by atoms with Gasteiger partial charge in [0.1, 0.15) is 11.5 Å². The van der Waals surface area contributed by atoms with Gasteiger partial charge >= 0.3 is 6.03 Å². The van der Waals surface area contributed by atoms with E-state index < -0.39 is 0 Å². The lowest BCUT2D eigenvalue weighted by molar-refractivity contribution is 0.102. The molecule has 3 N–H and O–H groups in total. The monoisotopic (exact) mass is 359 g/mol. The molecule has 1 aliphatic heterocycles. The van der Waals surface area contributed by atoms with Gasteiger partial charge in [-0.25, -0.2) is 4.79 Å². The molecule has 1 aliphatic rings. The van der Waals surface area contributed by atoms with Crippen LogP contribution in [0.5, 0.6) is 11.5 Å². The number of urea groups is 1. The van der Waals surface area contributed by atoms with Crippen LogP contribution in [0, 0.1) is 0 Å². The maximum atomic E-state index is 12.7. The molecule has 0 saturated heterocycles. The minimum Gasteiger partial charge on any atom is -0.497 e. The Morgan fingerprint density at radius 1 is 1.27 bits per heavy atom. The maximum Gasteiger partial charge on any atom is 0.318 e. The smallest absolute Gasteiger partial charge is 0.318 e. The topological polar surface area (TPSA) is 109 Å². The number of hydrogen-bond acceptors (Lipinski definition) is 5. The Morgan fingerprint density at radius 3 is 2.77 bits per heavy atom. The van der Waals surface area contributed by atoms with E-state index in [9.17, 15) is 9.59 Å². The van der Waals surface area contributed by atoms with Gasteiger partial charge in [-0.1, -0.05) is 0 Å². The second-order valence-electron chi connectivity index (χ2n) is 5.74. The SMILES string of the molecule is CCNC(=O)N1Cc2[nH]nc(NC(=O)c3cc(OC)ccc3OC)c2C1. The van der Waals surface area contributed by atoms with Crippen molar-refractivity contribution in [3.05, 3.63) is 35.0 Å². The molecule has 9 heteroatoms. The summed E-state index contributed by atoms with van der Waals surface area (Å²) in [5.41, 5.74) is 1.94. The zero-order chi connectivity index (χ0) is 18.7. The van der Waals surface area contributed by atoms with E-state index in [1.807, 2.05) is 6.92 Å². The Bertz CT molecular complexity index is 833. The molecule has 26 heavy (non-hydrogen) atoms. The number of ether oxygens (including phenoxy) is 2. The van der Waals surface area contributed by atoms with Crippen molar-refractivity contribution in [2.75, 3.05) is 26.1 Å². The van der Waals surface area contributed by atoms with Crippen LogP contribution in [0.3, 0.4) is 0 Å². The fourth-order valence-electron chi connectivity index (χ4n) is 2.82. The third kappa shape index (κ3) is 3.28. The lowest BCUT2D eigenvalue weighted by Crippen LogP contribution is -2.36. The molecule has 0 atom stereocenters. The first-order valence-corrected chi connectivity index (χ1v) is 8.19. The number of nitrogens with one attached hydrogen (secondary N) is 3. The standard InChI is InChI=1S/C17H21N5O4/c1-4-18-17(24)22-8-12-13(9-22)20-21-15(12)19-16(23)11-7-10(25-2)5-6-14(11)26-3/h5-7H,4,8-9H2,1-3H3,(H,18,24)(H2,19,20,21,23). The number of carbonyl (C=O) groups is 2. The number of rotatable bonds is 5. The molecular weight excluding hydrogens is 338 g/mol. The highest BCUT2D eigenvalue weighted by Gasteiger charge is 2.29. The predicted molar refractivity (Wildman–Crippen MR) is 94.4 cm³/mol. The summed E-state index contributed by atoms with van der Waals surface area (Å²) in [5.74, 6) is 1.01. The number of H-pyrrole nitrogens is 1. The van der Waals surface area contributed by atoms with Crippen LogP contribution in [0.25, 0.3) is 0 Å². The largest absolute Gasteiger partial charge is 0.497 e. The van der Waals surface area contributed by atoms with E-state index in [2.05, 4.69) is 20.8 Å². The van der Waals surface area contributed by atoms with Crippen LogP contribution in [-0.2, 0) is 13.1 Å². The number of aromatic nitrogens is 2. The number of fused-ring (bicyclic) bond motifs is 1. The number of amides is 3. The van der Waals surface area contributed by atoms with Crippen molar-refractivity contribution in [2.24, 2.45) is 0 Å². The molecule has 0 bridgehead atoms. The molecular formula is C17H21N5O4. The fraction of sp³-hybridized carbons (Fsp3) is 0.353. The van der Waals surface area contributed by atoms with Gasteiger partial charge in [-0.15, -0.1) is 0 Å².